The number of aliphatic hydroxyl groups is 11. The lowest BCUT2D eigenvalue weighted by molar-refractivity contribution is -0.379. The van der Waals surface area contributed by atoms with Crippen LogP contribution in [0, 0.1) is 0 Å². The van der Waals surface area contributed by atoms with Crippen molar-refractivity contribution < 1.29 is 89.4 Å². The van der Waals surface area contributed by atoms with Crippen LogP contribution in [0.1, 0.15) is 219 Å². The van der Waals surface area contributed by atoms with Crippen LogP contribution in [0.5, 0.6) is 0 Å². The van der Waals surface area contributed by atoms with Gasteiger partial charge in [-0.3, -0.25) is 4.79 Å². The molecule has 3 fully saturated rings. The number of carbonyl (C=O) groups is 1. The number of carbonyl (C=O) groups excluding carboxylic acids is 1. The van der Waals surface area contributed by atoms with E-state index in [0.717, 1.165) is 89.9 Å². The second-order valence-corrected chi connectivity index (χ2v) is 24.6. The Hall–Kier alpha value is -3.29. The maximum Gasteiger partial charge on any atom is 0.220 e. The molecule has 19 nitrogen and oxygen atoms in total. The first kappa shape index (κ1) is 81.9. The number of hydrogen-bond acceptors (Lipinski definition) is 18. The van der Waals surface area contributed by atoms with Crippen LogP contribution in [0.4, 0.5) is 0 Å². The number of amides is 1. The van der Waals surface area contributed by atoms with Gasteiger partial charge in [-0.05, 0) is 89.9 Å². The molecule has 3 heterocycles. The van der Waals surface area contributed by atoms with Crippen molar-refractivity contribution in [2.24, 2.45) is 0 Å². The largest absolute Gasteiger partial charge is 0.394 e. The molecule has 1 amide bonds. The lowest BCUT2D eigenvalue weighted by Crippen LogP contribution is -2.66. The Kier molecular flexibility index (Phi) is 47.7. The van der Waals surface area contributed by atoms with E-state index in [1.54, 1.807) is 6.08 Å². The standard InChI is InChI=1S/C72H123NO18/c1-3-5-7-9-11-13-15-17-19-21-23-25-26-27-28-30-31-33-35-37-39-41-43-45-47-49-56(77)55(73-60(78)50-48-46-44-42-40-38-36-34-32-29-24-22-20-18-16-14-12-10-8-6-4-2)54-86-70-66(84)63(81)68(58(52-75)88-70)91-72-67(85)64(82)69(59(53-76)89-72)90-71-65(83)62(80)61(79)57(51-74)87-71/h6,8,12,14,18,20,24,29,31,33-34,36,39,41,47,49,55-59,61-72,74-77,79-85H,3-5,7,9-11,13,15-17,19,21-23,25-28,30,32,35,37-38,40,42-46,48,50-54H2,1-2H3,(H,73,78)/b8-6-,14-12-,20-18-,29-24-,33-31+,36-34-,41-39+,49-47+. The fourth-order valence-corrected chi connectivity index (χ4v) is 11.2. The first-order valence-electron chi connectivity index (χ1n) is 35.0. The Morgan fingerprint density at radius 1 is 0.407 bits per heavy atom. The van der Waals surface area contributed by atoms with Gasteiger partial charge in [-0.2, -0.15) is 0 Å². The van der Waals surface area contributed by atoms with Crippen molar-refractivity contribution in [1.82, 2.24) is 5.32 Å². The average molecular weight is 1290 g/mol. The van der Waals surface area contributed by atoms with Crippen molar-refractivity contribution in [2.75, 3.05) is 26.4 Å². The van der Waals surface area contributed by atoms with Crippen LogP contribution < -0.4 is 5.32 Å². The minimum Gasteiger partial charge on any atom is -0.394 e. The maximum atomic E-state index is 13.4. The van der Waals surface area contributed by atoms with Gasteiger partial charge in [0.25, 0.3) is 0 Å². The van der Waals surface area contributed by atoms with Gasteiger partial charge >= 0.3 is 0 Å². The summed E-state index contributed by atoms with van der Waals surface area (Å²) in [5, 5.41) is 120. The van der Waals surface area contributed by atoms with Crippen LogP contribution in [0.25, 0.3) is 0 Å². The number of rotatable bonds is 52. The number of ether oxygens (including phenoxy) is 6. The van der Waals surface area contributed by atoms with Gasteiger partial charge in [-0.1, -0.05) is 220 Å². The van der Waals surface area contributed by atoms with E-state index in [2.05, 4.69) is 104 Å². The minimum atomic E-state index is -1.99. The van der Waals surface area contributed by atoms with E-state index >= 15 is 0 Å². The molecule has 17 atom stereocenters. The summed E-state index contributed by atoms with van der Waals surface area (Å²) in [6, 6.07) is -1.01. The number of aliphatic hydroxyl groups excluding tert-OH is 11. The highest BCUT2D eigenvalue weighted by atomic mass is 16.8. The summed E-state index contributed by atoms with van der Waals surface area (Å²) >= 11 is 0. The molecule has 91 heavy (non-hydrogen) atoms. The molecule has 3 aliphatic heterocycles. The van der Waals surface area contributed by atoms with E-state index in [9.17, 15) is 61.0 Å². The Bertz CT molecular complexity index is 2030. The van der Waals surface area contributed by atoms with Crippen molar-refractivity contribution >= 4 is 5.91 Å². The van der Waals surface area contributed by atoms with E-state index in [-0.39, 0.29) is 18.9 Å². The van der Waals surface area contributed by atoms with E-state index < -0.39 is 124 Å². The average Bonchev–Trinajstić information content (AvgIpc) is 0.883. The van der Waals surface area contributed by atoms with Gasteiger partial charge in [-0.25, -0.2) is 0 Å². The number of nitrogens with one attached hydrogen (secondary N) is 1. The molecular weight excluding hydrogens is 1170 g/mol. The van der Waals surface area contributed by atoms with Gasteiger partial charge in [-0.15, -0.1) is 0 Å². The predicted octanol–water partition coefficient (Wildman–Crippen LogP) is 9.27. The number of unbranched alkanes of at least 4 members (excludes halogenated alkanes) is 22. The van der Waals surface area contributed by atoms with Crippen LogP contribution >= 0.6 is 0 Å². The third-order valence-electron chi connectivity index (χ3n) is 16.8. The highest BCUT2D eigenvalue weighted by Crippen LogP contribution is 2.33. The van der Waals surface area contributed by atoms with Crippen molar-refractivity contribution in [2.45, 2.75) is 324 Å². The summed E-state index contributed by atoms with van der Waals surface area (Å²) in [5.41, 5.74) is 0. The molecule has 19 heteroatoms. The molecule has 0 aromatic carbocycles. The van der Waals surface area contributed by atoms with Crippen molar-refractivity contribution in [3.63, 3.8) is 0 Å². The van der Waals surface area contributed by atoms with Crippen LogP contribution in [0.3, 0.4) is 0 Å². The highest BCUT2D eigenvalue weighted by Gasteiger charge is 2.53. The fourth-order valence-electron chi connectivity index (χ4n) is 11.2. The Morgan fingerprint density at radius 3 is 1.23 bits per heavy atom. The van der Waals surface area contributed by atoms with Crippen molar-refractivity contribution in [1.29, 1.82) is 0 Å². The number of allylic oxidation sites excluding steroid dienone is 15. The van der Waals surface area contributed by atoms with Crippen molar-refractivity contribution in [3.8, 4) is 0 Å². The monoisotopic (exact) mass is 1290 g/mol. The minimum absolute atomic E-state index is 0.204. The third-order valence-corrected chi connectivity index (χ3v) is 16.8. The molecule has 3 rings (SSSR count). The molecule has 0 aromatic rings. The molecule has 0 saturated carbocycles. The lowest BCUT2D eigenvalue weighted by Gasteiger charge is -2.48. The molecule has 0 radical (unpaired) electrons. The quantitative estimate of drug-likeness (QED) is 0.0199. The van der Waals surface area contributed by atoms with Gasteiger partial charge in [0.1, 0.15) is 73.2 Å². The molecule has 524 valence electrons. The lowest BCUT2D eigenvalue weighted by atomic mass is 9.96. The molecule has 0 bridgehead atoms. The van der Waals surface area contributed by atoms with Gasteiger partial charge < -0.3 is 89.9 Å². The SMILES string of the molecule is CC/C=C\C/C=C\C/C=C\C/C=C\C/C=C\CCCCCCCC(=O)NC(COC1OC(CO)C(OC2OC(CO)C(OC3OC(CO)C(O)C(O)C3O)C(O)C2O)C(O)C1O)C(O)/C=C/CC/C=C/CC/C=C/CCCCCCCCCCCCCCCCC. The topological polar surface area (TPSA) is 307 Å². The molecule has 17 unspecified atom stereocenters. The highest BCUT2D eigenvalue weighted by molar-refractivity contribution is 5.76. The molecule has 0 spiro atoms. The smallest absolute Gasteiger partial charge is 0.220 e. The molecule has 0 aromatic heterocycles. The van der Waals surface area contributed by atoms with Crippen LogP contribution in [-0.2, 0) is 33.2 Å². The second-order valence-electron chi connectivity index (χ2n) is 24.6. The molecule has 3 aliphatic rings. The zero-order valence-corrected chi connectivity index (χ0v) is 55.3. The molecule has 0 aliphatic carbocycles. The summed E-state index contributed by atoms with van der Waals surface area (Å²) in [6.07, 6.45) is 42.4. The Labute approximate surface area is 545 Å². The van der Waals surface area contributed by atoms with Gasteiger partial charge in [0, 0.05) is 6.42 Å². The number of hydrogen-bond donors (Lipinski definition) is 12. The summed E-state index contributed by atoms with van der Waals surface area (Å²) in [7, 11) is 0. The Balaban J connectivity index is 1.47. The summed E-state index contributed by atoms with van der Waals surface area (Å²) in [5.74, 6) is -0.311. The first-order chi connectivity index (χ1) is 44.3. The first-order valence-corrected chi connectivity index (χ1v) is 35.0. The van der Waals surface area contributed by atoms with Gasteiger partial charge in [0.2, 0.25) is 5.91 Å². The van der Waals surface area contributed by atoms with Crippen molar-refractivity contribution in [3.05, 3.63) is 97.2 Å². The van der Waals surface area contributed by atoms with Crippen LogP contribution in [-0.4, -0.2) is 193 Å². The van der Waals surface area contributed by atoms with Crippen LogP contribution in [0.2, 0.25) is 0 Å². The normalized spacial score (nSPS) is 28.5. The van der Waals surface area contributed by atoms with Crippen LogP contribution in [0.15, 0.2) is 97.2 Å². The molecule has 12 N–H and O–H groups in total. The molecule has 3 saturated heterocycles. The third kappa shape index (κ3) is 34.8. The zero-order chi connectivity index (χ0) is 66.1. The van der Waals surface area contributed by atoms with Gasteiger partial charge in [0.15, 0.2) is 18.9 Å². The Morgan fingerprint density at radius 2 is 0.769 bits per heavy atom. The molecular formula is C72H123NO18. The predicted molar refractivity (Wildman–Crippen MR) is 355 cm³/mol. The van der Waals surface area contributed by atoms with Gasteiger partial charge in [0.05, 0.1) is 38.6 Å². The van der Waals surface area contributed by atoms with E-state index in [0.29, 0.717) is 12.8 Å². The summed E-state index contributed by atoms with van der Waals surface area (Å²) in [6.45, 7) is 1.57. The van der Waals surface area contributed by atoms with E-state index in [1.807, 2.05) is 6.08 Å². The summed E-state index contributed by atoms with van der Waals surface area (Å²) < 4.78 is 34.3. The van der Waals surface area contributed by atoms with E-state index in [4.69, 9.17) is 28.4 Å². The second kappa shape index (κ2) is 52.9. The maximum absolute atomic E-state index is 13.4. The summed E-state index contributed by atoms with van der Waals surface area (Å²) in [4.78, 5) is 13.4. The zero-order valence-electron chi connectivity index (χ0n) is 55.3. The van der Waals surface area contributed by atoms with E-state index in [1.165, 1.54) is 96.3 Å². The fraction of sp³-hybridized carbons (Fsp3) is 0.764.